The predicted octanol–water partition coefficient (Wildman–Crippen LogP) is 4.73. The van der Waals surface area contributed by atoms with Crippen LogP contribution in [0, 0.1) is 16.0 Å². The van der Waals surface area contributed by atoms with Gasteiger partial charge in [0.1, 0.15) is 5.69 Å². The molecule has 184 valence electrons. The molecule has 1 amide bonds. The zero-order valence-corrected chi connectivity index (χ0v) is 20.6. The molecule has 0 bridgehead atoms. The third kappa shape index (κ3) is 7.33. The van der Waals surface area contributed by atoms with E-state index >= 15 is 0 Å². The van der Waals surface area contributed by atoms with E-state index in [0.717, 1.165) is 5.56 Å². The van der Waals surface area contributed by atoms with E-state index in [1.54, 1.807) is 17.0 Å². The lowest BCUT2D eigenvalue weighted by molar-refractivity contribution is -0.384. The molecular weight excluding hydrogens is 426 g/mol. The number of methoxy groups -OCH3 is 1. The number of anilines is 1. The Morgan fingerprint density at radius 1 is 1.18 bits per heavy atom. The number of carbonyl (C=O) groups is 2. The SMILES string of the molecule is COC(=O)C[C@@H](C)c1ccc(N(CC(C)C)C2CCN(C(=O)OC(C)C)CC2)c([N+](=O)[O-])c1. The highest BCUT2D eigenvalue weighted by molar-refractivity contribution is 5.71. The number of amides is 1. The summed E-state index contributed by atoms with van der Waals surface area (Å²) >= 11 is 0. The molecule has 2 rings (SSSR count). The van der Waals surface area contributed by atoms with Crippen molar-refractivity contribution in [2.75, 3.05) is 31.6 Å². The Hall–Kier alpha value is -2.84. The first kappa shape index (κ1) is 26.4. The lowest BCUT2D eigenvalue weighted by Gasteiger charge is -2.40. The summed E-state index contributed by atoms with van der Waals surface area (Å²) in [7, 11) is 1.33. The van der Waals surface area contributed by atoms with Gasteiger partial charge in [-0.2, -0.15) is 0 Å². The maximum atomic E-state index is 12.2. The van der Waals surface area contributed by atoms with E-state index in [9.17, 15) is 19.7 Å². The van der Waals surface area contributed by atoms with E-state index in [0.29, 0.717) is 44.1 Å². The van der Waals surface area contributed by atoms with E-state index in [1.165, 1.54) is 7.11 Å². The first-order chi connectivity index (χ1) is 15.5. The van der Waals surface area contributed by atoms with Crippen molar-refractivity contribution in [3.8, 4) is 0 Å². The number of rotatable bonds is 9. The fraction of sp³-hybridized carbons (Fsp3) is 0.667. The van der Waals surface area contributed by atoms with Gasteiger partial charge in [0.2, 0.25) is 0 Å². The Bertz CT molecular complexity index is 833. The number of hydrogen-bond donors (Lipinski definition) is 0. The maximum Gasteiger partial charge on any atom is 0.410 e. The number of carbonyl (C=O) groups excluding carboxylic acids is 2. The number of hydrogen-bond acceptors (Lipinski definition) is 7. The van der Waals surface area contributed by atoms with Crippen molar-refractivity contribution >= 4 is 23.4 Å². The summed E-state index contributed by atoms with van der Waals surface area (Å²) in [5, 5.41) is 12.0. The third-order valence-electron chi connectivity index (χ3n) is 5.84. The van der Waals surface area contributed by atoms with Gasteiger partial charge in [-0.3, -0.25) is 14.9 Å². The van der Waals surface area contributed by atoms with Gasteiger partial charge in [0.15, 0.2) is 0 Å². The lowest BCUT2D eigenvalue weighted by Crippen LogP contribution is -2.48. The predicted molar refractivity (Wildman–Crippen MR) is 127 cm³/mol. The molecule has 1 aliphatic rings. The van der Waals surface area contributed by atoms with Crippen LogP contribution >= 0.6 is 0 Å². The number of nitro benzene ring substituents is 1. The zero-order chi connectivity index (χ0) is 24.7. The standard InChI is InChI=1S/C24H37N3O6/c1-16(2)15-26(20-9-11-25(12-10-20)24(29)33-17(3)4)21-8-7-19(14-22(21)27(30)31)18(5)13-23(28)32-6/h7-8,14,16-18,20H,9-13,15H2,1-6H3/t18-/m1/s1. The first-order valence-electron chi connectivity index (χ1n) is 11.6. The molecule has 1 fully saturated rings. The second kappa shape index (κ2) is 11.9. The topological polar surface area (TPSA) is 102 Å². The van der Waals surface area contributed by atoms with Gasteiger partial charge < -0.3 is 19.3 Å². The number of nitrogens with zero attached hydrogens (tertiary/aromatic N) is 3. The molecule has 9 heteroatoms. The number of likely N-dealkylation sites (tertiary alicyclic amines) is 1. The van der Waals surface area contributed by atoms with Gasteiger partial charge in [-0.05, 0) is 50.2 Å². The molecule has 0 aliphatic carbocycles. The Labute approximate surface area is 196 Å². The van der Waals surface area contributed by atoms with Crippen molar-refractivity contribution in [1.29, 1.82) is 0 Å². The van der Waals surface area contributed by atoms with Gasteiger partial charge in [-0.25, -0.2) is 4.79 Å². The summed E-state index contributed by atoms with van der Waals surface area (Å²) in [6.07, 6.45) is 1.09. The minimum absolute atomic E-state index is 0.0338. The van der Waals surface area contributed by atoms with Crippen LogP contribution in [0.3, 0.4) is 0 Å². The largest absolute Gasteiger partial charge is 0.469 e. The molecule has 0 unspecified atom stereocenters. The molecule has 0 aromatic heterocycles. The minimum Gasteiger partial charge on any atom is -0.469 e. The van der Waals surface area contributed by atoms with Gasteiger partial charge >= 0.3 is 12.1 Å². The van der Waals surface area contributed by atoms with Crippen LogP contribution in [-0.4, -0.2) is 60.8 Å². The molecule has 1 aromatic rings. The van der Waals surface area contributed by atoms with Crippen molar-refractivity contribution in [2.24, 2.45) is 5.92 Å². The highest BCUT2D eigenvalue weighted by atomic mass is 16.6. The number of ether oxygens (including phenoxy) is 2. The summed E-state index contributed by atoms with van der Waals surface area (Å²) in [6, 6.07) is 5.31. The number of benzene rings is 1. The third-order valence-corrected chi connectivity index (χ3v) is 5.84. The van der Waals surface area contributed by atoms with Crippen molar-refractivity contribution < 1.29 is 24.0 Å². The summed E-state index contributed by atoms with van der Waals surface area (Å²) < 4.78 is 10.0. The van der Waals surface area contributed by atoms with E-state index in [2.05, 4.69) is 18.7 Å². The normalized spacial score (nSPS) is 15.5. The van der Waals surface area contributed by atoms with Crippen LogP contribution in [-0.2, 0) is 14.3 Å². The molecule has 9 nitrogen and oxygen atoms in total. The molecule has 0 spiro atoms. The molecule has 33 heavy (non-hydrogen) atoms. The van der Waals surface area contributed by atoms with Crippen LogP contribution in [0.1, 0.15) is 65.4 Å². The monoisotopic (exact) mass is 463 g/mol. The molecule has 1 aromatic carbocycles. The van der Waals surface area contributed by atoms with E-state index in [-0.39, 0.29) is 47.2 Å². The fourth-order valence-corrected chi connectivity index (χ4v) is 4.16. The first-order valence-corrected chi connectivity index (χ1v) is 11.6. The van der Waals surface area contributed by atoms with Crippen molar-refractivity contribution in [2.45, 2.75) is 71.9 Å². The smallest absolute Gasteiger partial charge is 0.410 e. The molecule has 0 N–H and O–H groups in total. The van der Waals surface area contributed by atoms with Gasteiger partial charge in [0.05, 0.1) is 24.6 Å². The second-order valence-corrected chi connectivity index (χ2v) is 9.38. The zero-order valence-electron chi connectivity index (χ0n) is 20.6. The van der Waals surface area contributed by atoms with Crippen LogP contribution in [0.2, 0.25) is 0 Å². The second-order valence-electron chi connectivity index (χ2n) is 9.38. The fourth-order valence-electron chi connectivity index (χ4n) is 4.16. The molecule has 1 saturated heterocycles. The van der Waals surface area contributed by atoms with Gasteiger partial charge in [-0.1, -0.05) is 26.8 Å². The molecule has 1 heterocycles. The average molecular weight is 464 g/mol. The average Bonchev–Trinajstić information content (AvgIpc) is 2.76. The van der Waals surface area contributed by atoms with Crippen LogP contribution in [0.25, 0.3) is 0 Å². The number of piperidine rings is 1. The van der Waals surface area contributed by atoms with E-state index in [4.69, 9.17) is 9.47 Å². The van der Waals surface area contributed by atoms with Crippen molar-refractivity contribution in [3.63, 3.8) is 0 Å². The van der Waals surface area contributed by atoms with E-state index in [1.807, 2.05) is 26.8 Å². The van der Waals surface area contributed by atoms with Gasteiger partial charge in [-0.15, -0.1) is 0 Å². The van der Waals surface area contributed by atoms with E-state index < -0.39 is 0 Å². The number of esters is 1. The van der Waals surface area contributed by atoms with Crippen molar-refractivity contribution in [3.05, 3.63) is 33.9 Å². The van der Waals surface area contributed by atoms with Crippen LogP contribution < -0.4 is 4.90 Å². The number of nitro groups is 1. The Morgan fingerprint density at radius 3 is 2.33 bits per heavy atom. The summed E-state index contributed by atoms with van der Waals surface area (Å²) in [4.78, 5) is 39.4. The van der Waals surface area contributed by atoms with Crippen LogP contribution in [0.15, 0.2) is 18.2 Å². The van der Waals surface area contributed by atoms with Crippen LogP contribution in [0.4, 0.5) is 16.2 Å². The molecule has 1 atom stereocenters. The molecule has 0 radical (unpaired) electrons. The maximum absolute atomic E-state index is 12.2. The summed E-state index contributed by atoms with van der Waals surface area (Å²) in [5.41, 5.74) is 1.34. The van der Waals surface area contributed by atoms with Gasteiger partial charge in [0, 0.05) is 31.7 Å². The lowest BCUT2D eigenvalue weighted by atomic mass is 9.95. The Balaban J connectivity index is 2.27. The molecule has 1 aliphatic heterocycles. The highest BCUT2D eigenvalue weighted by Crippen LogP contribution is 2.36. The molecule has 0 saturated carbocycles. The minimum atomic E-state index is -0.355. The molecular formula is C24H37N3O6. The highest BCUT2D eigenvalue weighted by Gasteiger charge is 2.32. The quantitative estimate of drug-likeness (QED) is 0.296. The Morgan fingerprint density at radius 2 is 1.82 bits per heavy atom. The van der Waals surface area contributed by atoms with Crippen LogP contribution in [0.5, 0.6) is 0 Å². The van der Waals surface area contributed by atoms with Gasteiger partial charge in [0.25, 0.3) is 5.69 Å². The summed E-state index contributed by atoms with van der Waals surface area (Å²) in [6.45, 7) is 11.4. The Kier molecular flexibility index (Phi) is 9.49. The summed E-state index contributed by atoms with van der Waals surface area (Å²) in [5.74, 6) is -0.246. The van der Waals surface area contributed by atoms with Crippen molar-refractivity contribution in [1.82, 2.24) is 4.90 Å².